The van der Waals surface area contributed by atoms with Gasteiger partial charge in [-0.15, -0.1) is 11.3 Å². The summed E-state index contributed by atoms with van der Waals surface area (Å²) in [6.07, 6.45) is 2.71. The highest BCUT2D eigenvalue weighted by Crippen LogP contribution is 2.12. The fraction of sp³-hybridized carbons (Fsp3) is 0.0952. The molecule has 0 saturated heterocycles. The molecular formula is C21H14ClN3OS. The van der Waals surface area contributed by atoms with Crippen LogP contribution in [0.3, 0.4) is 0 Å². The predicted molar refractivity (Wildman–Crippen MR) is 108 cm³/mol. The van der Waals surface area contributed by atoms with E-state index in [1.807, 2.05) is 36.4 Å². The summed E-state index contributed by atoms with van der Waals surface area (Å²) in [7, 11) is 0. The van der Waals surface area contributed by atoms with Crippen molar-refractivity contribution in [2.24, 2.45) is 0 Å². The van der Waals surface area contributed by atoms with Crippen LogP contribution in [-0.2, 0) is 6.42 Å². The number of thiazole rings is 1. The first-order valence-corrected chi connectivity index (χ1v) is 9.39. The lowest BCUT2D eigenvalue weighted by Gasteiger charge is -2.02. The molecular weight excluding hydrogens is 378 g/mol. The van der Waals surface area contributed by atoms with Crippen molar-refractivity contribution in [1.82, 2.24) is 4.57 Å². The highest BCUT2D eigenvalue weighted by atomic mass is 35.5. The molecule has 0 atom stereocenters. The summed E-state index contributed by atoms with van der Waals surface area (Å²) in [6.45, 7) is 2.08. The molecule has 0 fully saturated rings. The number of hydrogen-bond acceptors (Lipinski definition) is 4. The van der Waals surface area contributed by atoms with Crippen LogP contribution in [0, 0.1) is 22.7 Å². The average molecular weight is 392 g/mol. The molecule has 0 bridgehead atoms. The number of aryl methyl sites for hydroxylation is 1. The molecule has 0 N–H and O–H groups in total. The second-order valence-corrected chi connectivity index (χ2v) is 7.20. The van der Waals surface area contributed by atoms with Crippen LogP contribution in [0.15, 0.2) is 53.3 Å². The molecule has 1 aromatic heterocycles. The molecule has 6 heteroatoms. The summed E-state index contributed by atoms with van der Waals surface area (Å²) in [6, 6.07) is 18.4. The van der Waals surface area contributed by atoms with Gasteiger partial charge in [0.05, 0.1) is 10.2 Å². The highest BCUT2D eigenvalue weighted by Gasteiger charge is 2.11. The molecule has 132 valence electrons. The first kappa shape index (κ1) is 18.7. The Bertz CT molecular complexity index is 1240. The van der Waals surface area contributed by atoms with Gasteiger partial charge in [-0.1, -0.05) is 48.9 Å². The number of hydrogen-bond donors (Lipinski definition) is 0. The van der Waals surface area contributed by atoms with Crippen LogP contribution in [0.25, 0.3) is 17.3 Å². The van der Waals surface area contributed by atoms with Gasteiger partial charge in [-0.3, -0.25) is 9.36 Å². The van der Waals surface area contributed by atoms with E-state index >= 15 is 0 Å². The van der Waals surface area contributed by atoms with Crippen molar-refractivity contribution >= 4 is 34.6 Å². The zero-order chi connectivity index (χ0) is 19.4. The van der Waals surface area contributed by atoms with E-state index in [0.29, 0.717) is 19.9 Å². The van der Waals surface area contributed by atoms with E-state index in [0.717, 1.165) is 23.3 Å². The molecule has 0 aliphatic heterocycles. The maximum Gasteiger partial charge on any atom is 0.273 e. The molecule has 0 saturated carbocycles. The van der Waals surface area contributed by atoms with Gasteiger partial charge in [-0.05, 0) is 41.8 Å². The van der Waals surface area contributed by atoms with Crippen LogP contribution >= 0.6 is 22.9 Å². The molecule has 0 radical (unpaired) electrons. The first-order valence-electron chi connectivity index (χ1n) is 8.20. The average Bonchev–Trinajstić information content (AvgIpc) is 2.99. The van der Waals surface area contributed by atoms with E-state index in [9.17, 15) is 15.3 Å². The fourth-order valence-corrected chi connectivity index (χ4v) is 3.86. The lowest BCUT2D eigenvalue weighted by molar-refractivity contribution is 0.988. The van der Waals surface area contributed by atoms with Crippen molar-refractivity contribution in [1.29, 1.82) is 10.5 Å². The Labute approximate surface area is 165 Å². The molecule has 0 aliphatic carbocycles. The van der Waals surface area contributed by atoms with E-state index in [1.54, 1.807) is 30.3 Å². The van der Waals surface area contributed by atoms with Crippen LogP contribution in [0.5, 0.6) is 0 Å². The molecule has 3 aromatic rings. The number of benzene rings is 2. The Morgan fingerprint density at radius 2 is 1.89 bits per heavy atom. The van der Waals surface area contributed by atoms with Gasteiger partial charge in [0.15, 0.2) is 5.57 Å². The van der Waals surface area contributed by atoms with E-state index in [2.05, 4.69) is 6.92 Å². The van der Waals surface area contributed by atoms with Crippen molar-refractivity contribution in [2.45, 2.75) is 13.3 Å². The maximum absolute atomic E-state index is 13.0. The molecule has 0 unspecified atom stereocenters. The minimum atomic E-state index is -0.292. The predicted octanol–water partition coefficient (Wildman–Crippen LogP) is 3.14. The third-order valence-corrected chi connectivity index (χ3v) is 5.34. The summed E-state index contributed by atoms with van der Waals surface area (Å²) in [5.74, 6) is 0. The van der Waals surface area contributed by atoms with Gasteiger partial charge in [0, 0.05) is 5.02 Å². The fourth-order valence-electron chi connectivity index (χ4n) is 2.62. The molecule has 0 spiro atoms. The Hall–Kier alpha value is -3.12. The molecule has 0 amide bonds. The lowest BCUT2D eigenvalue weighted by Crippen LogP contribution is -2.30. The van der Waals surface area contributed by atoms with Crippen molar-refractivity contribution in [3.05, 3.63) is 84.2 Å². The van der Waals surface area contributed by atoms with Crippen molar-refractivity contribution in [3.63, 3.8) is 0 Å². The Morgan fingerprint density at radius 3 is 2.48 bits per heavy atom. The quantitative estimate of drug-likeness (QED) is 0.688. The number of halogens is 1. The van der Waals surface area contributed by atoms with Gasteiger partial charge in [0.2, 0.25) is 0 Å². The number of nitriles is 2. The van der Waals surface area contributed by atoms with Gasteiger partial charge in [-0.2, -0.15) is 10.5 Å². The number of rotatable bonds is 3. The molecule has 0 aliphatic rings. The minimum absolute atomic E-state index is 0.113. The Kier molecular flexibility index (Phi) is 5.57. The van der Waals surface area contributed by atoms with Crippen LogP contribution in [-0.4, -0.2) is 4.57 Å². The molecule has 27 heavy (non-hydrogen) atoms. The summed E-state index contributed by atoms with van der Waals surface area (Å²) < 4.78 is 2.10. The standard InChI is InChI=1S/C21H14ClN3OS/c1-2-14-6-8-15(9-7-14)10-19-20(26)25(18-5-3-4-17(22)11-18)21(27-19)16(12-23)13-24/h3-11H,2H2,1H3/b19-10-. The zero-order valence-corrected chi connectivity index (χ0v) is 16.0. The van der Waals surface area contributed by atoms with Gasteiger partial charge >= 0.3 is 0 Å². The van der Waals surface area contributed by atoms with E-state index in [1.165, 1.54) is 10.1 Å². The second-order valence-electron chi connectivity index (χ2n) is 5.73. The lowest BCUT2D eigenvalue weighted by atomic mass is 10.1. The SMILES string of the molecule is CCc1ccc(/C=c2\sc(=C(C#N)C#N)n(-c3cccc(Cl)c3)c2=O)cc1. The van der Waals surface area contributed by atoms with E-state index in [4.69, 9.17) is 11.6 Å². The summed E-state index contributed by atoms with van der Waals surface area (Å²) in [5.41, 5.74) is 2.20. The first-order chi connectivity index (χ1) is 13.1. The summed E-state index contributed by atoms with van der Waals surface area (Å²) >= 11 is 7.17. The van der Waals surface area contributed by atoms with Gasteiger partial charge < -0.3 is 0 Å². The largest absolute Gasteiger partial charge is 0.273 e. The number of aromatic nitrogens is 1. The van der Waals surface area contributed by atoms with Crippen LogP contribution < -0.4 is 14.8 Å². The summed E-state index contributed by atoms with van der Waals surface area (Å²) in [4.78, 5) is 13.0. The molecule has 4 nitrogen and oxygen atoms in total. The summed E-state index contributed by atoms with van der Waals surface area (Å²) in [5, 5.41) is 19.1. The minimum Gasteiger partial charge on any atom is -0.267 e. The van der Waals surface area contributed by atoms with Crippen LogP contribution in [0.2, 0.25) is 5.02 Å². The molecule has 3 rings (SSSR count). The second kappa shape index (κ2) is 8.05. The molecule has 2 aromatic carbocycles. The smallest absolute Gasteiger partial charge is 0.267 e. The van der Waals surface area contributed by atoms with Crippen molar-refractivity contribution in [2.75, 3.05) is 0 Å². The Balaban J connectivity index is 2.33. The Morgan fingerprint density at radius 1 is 1.19 bits per heavy atom. The van der Waals surface area contributed by atoms with Crippen molar-refractivity contribution < 1.29 is 0 Å². The third-order valence-electron chi connectivity index (χ3n) is 4.01. The van der Waals surface area contributed by atoms with Crippen LogP contribution in [0.4, 0.5) is 0 Å². The van der Waals surface area contributed by atoms with E-state index in [-0.39, 0.29) is 11.1 Å². The van der Waals surface area contributed by atoms with Crippen LogP contribution in [0.1, 0.15) is 18.1 Å². The highest BCUT2D eigenvalue weighted by molar-refractivity contribution is 7.07. The number of nitrogens with zero attached hydrogens (tertiary/aromatic N) is 3. The normalized spacial score (nSPS) is 11.0. The van der Waals surface area contributed by atoms with E-state index < -0.39 is 0 Å². The zero-order valence-electron chi connectivity index (χ0n) is 14.4. The maximum atomic E-state index is 13.0. The topological polar surface area (TPSA) is 69.6 Å². The third kappa shape index (κ3) is 3.85. The van der Waals surface area contributed by atoms with Gasteiger partial charge in [-0.25, -0.2) is 0 Å². The van der Waals surface area contributed by atoms with Crippen molar-refractivity contribution in [3.8, 4) is 17.8 Å². The van der Waals surface area contributed by atoms with Gasteiger partial charge in [0.25, 0.3) is 5.56 Å². The van der Waals surface area contributed by atoms with Gasteiger partial charge in [0.1, 0.15) is 16.8 Å². The monoisotopic (exact) mass is 391 g/mol. The molecule has 1 heterocycles.